The maximum absolute atomic E-state index is 2.90. The van der Waals surface area contributed by atoms with E-state index in [4.69, 9.17) is 0 Å². The first-order valence-corrected chi connectivity index (χ1v) is 2.27. The number of thiophene rings is 1. The van der Waals surface area contributed by atoms with Crippen LogP contribution in [0.4, 0.5) is 0 Å². The smallest absolute Gasteiger partial charge is 0 e. The van der Waals surface area contributed by atoms with Gasteiger partial charge in [0.05, 0.1) is 0 Å². The minimum absolute atomic E-state index is 0. The number of halogens is 1. The third kappa shape index (κ3) is 4.47. The molecule has 0 aliphatic heterocycles. The predicted octanol–water partition coefficient (Wildman–Crippen LogP) is 1.97. The van der Waals surface area contributed by atoms with Crippen molar-refractivity contribution in [3.05, 3.63) is 22.9 Å². The van der Waals surface area contributed by atoms with Crippen molar-refractivity contribution >= 4 is 23.7 Å². The summed E-state index contributed by atoms with van der Waals surface area (Å²) < 4.78 is 0. The molecule has 0 atom stereocenters. The molecule has 0 N–H and O–H groups in total. The summed E-state index contributed by atoms with van der Waals surface area (Å²) in [6.45, 7) is 0. The predicted molar refractivity (Wildman–Crippen MR) is 30.4 cm³/mol. The molecule has 0 aliphatic carbocycles. The molecule has 0 aromatic carbocycles. The van der Waals surface area contributed by atoms with Crippen molar-refractivity contribution in [3.8, 4) is 0 Å². The van der Waals surface area contributed by atoms with Crippen LogP contribution in [0.25, 0.3) is 0 Å². The zero-order valence-corrected chi connectivity index (χ0v) is 8.36. The summed E-state index contributed by atoms with van der Waals surface area (Å²) in [5.74, 6) is 0. The van der Waals surface area contributed by atoms with Crippen molar-refractivity contribution in [1.29, 1.82) is 0 Å². The van der Waals surface area contributed by atoms with E-state index >= 15 is 0 Å². The monoisotopic (exact) mass is 183 g/mol. The largest absolute Gasteiger partial charge is 0.304 e. The van der Waals surface area contributed by atoms with Gasteiger partial charge < -0.3 is 11.3 Å². The van der Waals surface area contributed by atoms with Crippen LogP contribution < -0.4 is 0 Å². The Morgan fingerprint density at radius 2 is 2.14 bits per heavy atom. The van der Waals surface area contributed by atoms with E-state index in [1.165, 1.54) is 0 Å². The standard InChI is InChI=1S/C4H3S.ClH.Zn/c1-2-4-5-3-1;;/h1-3H;1H;/q-1;;. The van der Waals surface area contributed by atoms with Crippen molar-refractivity contribution in [3.63, 3.8) is 0 Å². The molecule has 0 spiro atoms. The van der Waals surface area contributed by atoms with Crippen molar-refractivity contribution in [2.75, 3.05) is 0 Å². The Morgan fingerprint density at radius 3 is 2.29 bits per heavy atom. The zero-order chi connectivity index (χ0) is 3.54. The molecule has 0 bridgehead atoms. The fourth-order valence-electron chi connectivity index (χ4n) is 0.196. The number of hydrogen-bond acceptors (Lipinski definition) is 1. The van der Waals surface area contributed by atoms with Gasteiger partial charge in [-0.15, -0.1) is 17.8 Å². The van der Waals surface area contributed by atoms with Crippen LogP contribution in [-0.4, -0.2) is 0 Å². The van der Waals surface area contributed by atoms with Gasteiger partial charge in [-0.05, 0) is 0 Å². The van der Waals surface area contributed by atoms with Crippen LogP contribution >= 0.6 is 23.7 Å². The third-order valence-corrected chi connectivity index (χ3v) is 0.944. The number of hydrogen-bond donors (Lipinski definition) is 0. The Kier molecular flexibility index (Phi) is 9.98. The molecule has 1 rings (SSSR count). The molecule has 1 aromatic heterocycles. The fraction of sp³-hybridized carbons (Fsp3) is 0. The normalized spacial score (nSPS) is 5.71. The van der Waals surface area contributed by atoms with Crippen molar-refractivity contribution in [1.82, 2.24) is 0 Å². The van der Waals surface area contributed by atoms with Crippen LogP contribution in [0.5, 0.6) is 0 Å². The summed E-state index contributed by atoms with van der Waals surface area (Å²) in [6.07, 6.45) is 0. The molecule has 0 saturated heterocycles. The van der Waals surface area contributed by atoms with Crippen LogP contribution in [0.3, 0.4) is 0 Å². The van der Waals surface area contributed by atoms with Crippen LogP contribution in [0.15, 0.2) is 17.5 Å². The molecule has 3 heteroatoms. The Morgan fingerprint density at radius 1 is 1.43 bits per heavy atom. The van der Waals surface area contributed by atoms with Gasteiger partial charge in [0, 0.05) is 19.5 Å². The molecule has 7 heavy (non-hydrogen) atoms. The fourth-order valence-corrected chi connectivity index (χ4v) is 0.589. The first-order valence-electron chi connectivity index (χ1n) is 1.40. The minimum Gasteiger partial charge on any atom is -0.304 e. The average molecular weight is 185 g/mol. The summed E-state index contributed by atoms with van der Waals surface area (Å²) in [7, 11) is 0. The van der Waals surface area contributed by atoms with Gasteiger partial charge >= 0.3 is 0 Å². The van der Waals surface area contributed by atoms with Crippen molar-refractivity contribution < 1.29 is 19.5 Å². The van der Waals surface area contributed by atoms with Gasteiger partial charge in [0.25, 0.3) is 0 Å². The molecule has 0 saturated carbocycles. The van der Waals surface area contributed by atoms with Crippen LogP contribution in [0.2, 0.25) is 0 Å². The molecule has 36 valence electrons. The van der Waals surface area contributed by atoms with E-state index in [2.05, 4.69) is 5.38 Å². The molecule has 1 aromatic rings. The van der Waals surface area contributed by atoms with Gasteiger partial charge in [-0.1, -0.05) is 0 Å². The second-order valence-corrected chi connectivity index (χ2v) is 1.47. The summed E-state index contributed by atoms with van der Waals surface area (Å²) >= 11 is 1.59. The van der Waals surface area contributed by atoms with Gasteiger partial charge in [-0.2, -0.15) is 11.4 Å². The topological polar surface area (TPSA) is 0 Å². The average Bonchev–Trinajstić information content (AvgIpc) is 1.76. The Bertz CT molecular complexity index is 68.2. The summed E-state index contributed by atoms with van der Waals surface area (Å²) in [5.41, 5.74) is 0. The quantitative estimate of drug-likeness (QED) is 0.428. The maximum atomic E-state index is 2.90. The zero-order valence-electron chi connectivity index (χ0n) is 3.76. The van der Waals surface area contributed by atoms with E-state index < -0.39 is 0 Å². The molecule has 0 fully saturated rings. The van der Waals surface area contributed by atoms with Gasteiger partial charge in [-0.3, -0.25) is 0 Å². The Hall–Kier alpha value is 0.613. The summed E-state index contributed by atoms with van der Waals surface area (Å²) in [4.78, 5) is 0. The Balaban J connectivity index is 0. The molecule has 1 heterocycles. The molecule has 0 unspecified atom stereocenters. The Labute approximate surface area is 66.1 Å². The molecular formula is C4H4ClSZn-. The maximum Gasteiger partial charge on any atom is 0 e. The molecular weight excluding hydrogens is 181 g/mol. The molecule has 0 nitrogen and oxygen atoms in total. The second-order valence-electron chi connectivity index (χ2n) is 0.731. The van der Waals surface area contributed by atoms with E-state index in [-0.39, 0.29) is 31.9 Å². The third-order valence-electron chi connectivity index (χ3n) is 0.379. The molecule has 0 amide bonds. The van der Waals surface area contributed by atoms with Crippen LogP contribution in [-0.2, 0) is 19.5 Å². The van der Waals surface area contributed by atoms with E-state index in [9.17, 15) is 0 Å². The van der Waals surface area contributed by atoms with Gasteiger partial charge in [0.15, 0.2) is 0 Å². The van der Waals surface area contributed by atoms with Crippen LogP contribution in [0.1, 0.15) is 0 Å². The summed E-state index contributed by atoms with van der Waals surface area (Å²) in [5, 5.41) is 4.89. The first kappa shape index (κ1) is 10.6. The SMILES string of the molecule is Cl.[Zn].[c-]1cccs1. The van der Waals surface area contributed by atoms with Crippen LogP contribution in [0, 0.1) is 5.38 Å². The second kappa shape index (κ2) is 6.61. The van der Waals surface area contributed by atoms with Gasteiger partial charge in [0.1, 0.15) is 0 Å². The van der Waals surface area contributed by atoms with Crippen molar-refractivity contribution in [2.45, 2.75) is 0 Å². The molecule has 0 radical (unpaired) electrons. The van der Waals surface area contributed by atoms with Crippen molar-refractivity contribution in [2.24, 2.45) is 0 Å². The van der Waals surface area contributed by atoms with E-state index in [1.807, 2.05) is 17.5 Å². The summed E-state index contributed by atoms with van der Waals surface area (Å²) in [6, 6.07) is 3.86. The number of rotatable bonds is 0. The van der Waals surface area contributed by atoms with E-state index in [0.717, 1.165) is 0 Å². The first-order chi connectivity index (χ1) is 2.50. The van der Waals surface area contributed by atoms with Gasteiger partial charge in [0.2, 0.25) is 0 Å². The van der Waals surface area contributed by atoms with E-state index in [1.54, 1.807) is 11.3 Å². The van der Waals surface area contributed by atoms with Gasteiger partial charge in [-0.25, -0.2) is 6.07 Å². The minimum atomic E-state index is 0. The molecule has 0 aliphatic rings. The van der Waals surface area contributed by atoms with E-state index in [0.29, 0.717) is 0 Å².